The third-order valence-corrected chi connectivity index (χ3v) is 6.85. The number of hydrogen-bond donors (Lipinski definition) is 1. The number of nitrogens with zero attached hydrogens (tertiary/aromatic N) is 2. The van der Waals surface area contributed by atoms with E-state index >= 15 is 0 Å². The summed E-state index contributed by atoms with van der Waals surface area (Å²) in [5, 5.41) is 15.1. The monoisotopic (exact) mass is 530 g/mol. The second-order valence-electron chi connectivity index (χ2n) is 8.31. The Labute approximate surface area is 215 Å². The Balaban J connectivity index is 1.98. The molecule has 2 unspecified atom stereocenters. The van der Waals surface area contributed by atoms with Crippen LogP contribution in [0.25, 0.3) is 0 Å². The summed E-state index contributed by atoms with van der Waals surface area (Å²) in [4.78, 5) is 35.3. The number of ketones is 1. The second-order valence-corrected chi connectivity index (χ2v) is 10.3. The first kappa shape index (κ1) is 27.9. The van der Waals surface area contributed by atoms with Crippen LogP contribution in [0.1, 0.15) is 45.1 Å². The van der Waals surface area contributed by atoms with Crippen LogP contribution < -0.4 is 4.74 Å². The van der Waals surface area contributed by atoms with Crippen LogP contribution in [0.2, 0.25) is 0 Å². The van der Waals surface area contributed by atoms with Crippen molar-refractivity contribution in [3.05, 3.63) is 59.5 Å². The molecule has 0 radical (unpaired) electrons. The summed E-state index contributed by atoms with van der Waals surface area (Å²) >= 11 is 0. The molecule has 0 saturated carbocycles. The van der Waals surface area contributed by atoms with E-state index in [0.717, 1.165) is 6.26 Å². The maximum absolute atomic E-state index is 13.2. The highest BCUT2D eigenvalue weighted by Gasteiger charge is 2.43. The van der Waals surface area contributed by atoms with Crippen LogP contribution in [0, 0.1) is 5.92 Å². The van der Waals surface area contributed by atoms with Gasteiger partial charge in [0.25, 0.3) is 0 Å². The van der Waals surface area contributed by atoms with Gasteiger partial charge in [-0.3, -0.25) is 9.59 Å². The van der Waals surface area contributed by atoms with E-state index in [1.54, 1.807) is 45.0 Å². The van der Waals surface area contributed by atoms with Crippen LogP contribution in [0.5, 0.6) is 11.6 Å². The predicted octanol–water partition coefficient (Wildman–Crippen LogP) is 4.13. The van der Waals surface area contributed by atoms with Crippen molar-refractivity contribution in [1.82, 2.24) is 4.98 Å². The number of ether oxygens (including phenoxy) is 2. The van der Waals surface area contributed by atoms with Gasteiger partial charge in [0.15, 0.2) is 15.6 Å². The second kappa shape index (κ2) is 12.0. The minimum absolute atomic E-state index is 0.0205. The fourth-order valence-electron chi connectivity index (χ4n) is 4.04. The first-order valence-electron chi connectivity index (χ1n) is 11.9. The standard InChI is InChI=1S/C26H30N2O8S/c1-5-20(28-35-7-3)24-21(29)14-19(23(25(24)30)26(31)34-6-2)16-9-8-10-17(13-16)36-22-12-11-18(15-27-22)37(4,32)33/h8-13,15,19,23,30H,5-7,14H2,1-4H3/b28-20+. The summed E-state index contributed by atoms with van der Waals surface area (Å²) < 4.78 is 34.3. The molecule has 3 rings (SSSR count). The van der Waals surface area contributed by atoms with Crippen molar-refractivity contribution in [2.45, 2.75) is 44.4 Å². The molecule has 1 N–H and O–H groups in total. The molecule has 37 heavy (non-hydrogen) atoms. The van der Waals surface area contributed by atoms with Gasteiger partial charge in [-0.05, 0) is 44.0 Å². The Morgan fingerprint density at radius 2 is 1.92 bits per heavy atom. The van der Waals surface area contributed by atoms with Crippen LogP contribution in [0.3, 0.4) is 0 Å². The highest BCUT2D eigenvalue weighted by Crippen LogP contribution is 2.41. The summed E-state index contributed by atoms with van der Waals surface area (Å²) in [5.74, 6) is -2.76. The maximum Gasteiger partial charge on any atom is 0.317 e. The van der Waals surface area contributed by atoms with E-state index in [0.29, 0.717) is 17.7 Å². The van der Waals surface area contributed by atoms with Gasteiger partial charge in [-0.1, -0.05) is 24.2 Å². The number of rotatable bonds is 10. The molecule has 1 aliphatic carbocycles. The van der Waals surface area contributed by atoms with Crippen molar-refractivity contribution in [2.24, 2.45) is 11.1 Å². The molecule has 0 bridgehead atoms. The van der Waals surface area contributed by atoms with Crippen molar-refractivity contribution in [3.63, 3.8) is 0 Å². The van der Waals surface area contributed by atoms with E-state index < -0.39 is 33.4 Å². The molecule has 0 fully saturated rings. The molecule has 0 saturated heterocycles. The number of hydrogen-bond acceptors (Lipinski definition) is 10. The summed E-state index contributed by atoms with van der Waals surface area (Å²) in [6, 6.07) is 9.53. The van der Waals surface area contributed by atoms with E-state index in [9.17, 15) is 23.1 Å². The minimum atomic E-state index is -3.40. The van der Waals surface area contributed by atoms with Gasteiger partial charge in [-0.2, -0.15) is 0 Å². The zero-order chi connectivity index (χ0) is 27.2. The van der Waals surface area contributed by atoms with Crippen molar-refractivity contribution < 1.29 is 37.4 Å². The SMILES string of the molecule is CCO/N=C(\CC)C1=C(O)C(C(=O)OCC)C(c2cccc(Oc3ccc(S(C)(=O)=O)cn3)c2)CC1=O. The third kappa shape index (κ3) is 6.53. The van der Waals surface area contributed by atoms with Crippen LogP contribution in [0.4, 0.5) is 0 Å². The van der Waals surface area contributed by atoms with Crippen LogP contribution >= 0.6 is 0 Å². The van der Waals surface area contributed by atoms with E-state index in [2.05, 4.69) is 10.1 Å². The zero-order valence-electron chi connectivity index (χ0n) is 21.1. The van der Waals surface area contributed by atoms with Gasteiger partial charge in [-0.25, -0.2) is 13.4 Å². The smallest absolute Gasteiger partial charge is 0.317 e. The fourth-order valence-corrected chi connectivity index (χ4v) is 4.60. The molecule has 10 nitrogen and oxygen atoms in total. The fraction of sp³-hybridized carbons (Fsp3) is 0.385. The van der Waals surface area contributed by atoms with Crippen molar-refractivity contribution in [2.75, 3.05) is 19.5 Å². The van der Waals surface area contributed by atoms with Gasteiger partial charge in [0.2, 0.25) is 5.88 Å². The number of carbonyl (C=O) groups is 2. The average molecular weight is 531 g/mol. The molecule has 1 aliphatic rings. The number of allylic oxidation sites excluding steroid dienone is 1. The summed E-state index contributed by atoms with van der Waals surface area (Å²) in [5.41, 5.74) is 0.813. The molecule has 2 atom stereocenters. The predicted molar refractivity (Wildman–Crippen MR) is 135 cm³/mol. The molecule has 1 heterocycles. The van der Waals surface area contributed by atoms with E-state index in [1.165, 1.54) is 18.3 Å². The van der Waals surface area contributed by atoms with E-state index in [4.69, 9.17) is 14.3 Å². The third-order valence-electron chi connectivity index (χ3n) is 5.75. The molecule has 1 aromatic carbocycles. The Morgan fingerprint density at radius 3 is 2.51 bits per heavy atom. The number of aromatic nitrogens is 1. The molecule has 0 spiro atoms. The lowest BCUT2D eigenvalue weighted by Crippen LogP contribution is -2.35. The largest absolute Gasteiger partial charge is 0.511 e. The Kier molecular flexibility index (Phi) is 9.04. The minimum Gasteiger partial charge on any atom is -0.511 e. The summed E-state index contributed by atoms with van der Waals surface area (Å²) in [6.45, 7) is 5.57. The van der Waals surface area contributed by atoms with Crippen LogP contribution in [-0.4, -0.2) is 55.4 Å². The molecule has 2 aromatic rings. The van der Waals surface area contributed by atoms with Gasteiger partial charge < -0.3 is 19.4 Å². The molecular weight excluding hydrogens is 500 g/mol. The van der Waals surface area contributed by atoms with Gasteiger partial charge in [0, 0.05) is 30.9 Å². The number of esters is 1. The number of pyridine rings is 1. The lowest BCUT2D eigenvalue weighted by Gasteiger charge is -2.31. The van der Waals surface area contributed by atoms with Crippen molar-refractivity contribution in [3.8, 4) is 11.6 Å². The Hall–Kier alpha value is -3.73. The first-order valence-corrected chi connectivity index (χ1v) is 13.8. The molecule has 198 valence electrons. The van der Waals surface area contributed by atoms with Gasteiger partial charge in [0.1, 0.15) is 24.0 Å². The Bertz CT molecular complexity index is 1320. The molecular formula is C26H30N2O8S. The number of carbonyl (C=O) groups excluding carboxylic acids is 2. The first-order chi connectivity index (χ1) is 17.6. The molecule has 1 aromatic heterocycles. The number of aliphatic hydroxyl groups excluding tert-OH is 1. The quantitative estimate of drug-likeness (QED) is 0.273. The number of aliphatic hydroxyl groups is 1. The van der Waals surface area contributed by atoms with Gasteiger partial charge in [-0.15, -0.1) is 0 Å². The number of Topliss-reactive ketones (excluding diaryl/α,β-unsaturated/α-hetero) is 1. The molecule has 0 amide bonds. The highest BCUT2D eigenvalue weighted by atomic mass is 32.2. The van der Waals surface area contributed by atoms with Gasteiger partial charge >= 0.3 is 5.97 Å². The average Bonchev–Trinajstić information content (AvgIpc) is 2.85. The summed E-state index contributed by atoms with van der Waals surface area (Å²) in [6.07, 6.45) is 2.53. The summed E-state index contributed by atoms with van der Waals surface area (Å²) in [7, 11) is -3.40. The lowest BCUT2D eigenvalue weighted by atomic mass is 9.73. The number of oxime groups is 1. The topological polar surface area (TPSA) is 141 Å². The maximum atomic E-state index is 13.2. The van der Waals surface area contributed by atoms with Gasteiger partial charge in [0.05, 0.1) is 22.8 Å². The zero-order valence-corrected chi connectivity index (χ0v) is 21.9. The normalized spacial score (nSPS) is 18.5. The molecule has 0 aliphatic heterocycles. The van der Waals surface area contributed by atoms with E-state index in [1.807, 2.05) is 0 Å². The highest BCUT2D eigenvalue weighted by molar-refractivity contribution is 7.90. The van der Waals surface area contributed by atoms with Crippen LogP contribution in [0.15, 0.2) is 64.0 Å². The Morgan fingerprint density at radius 1 is 1.16 bits per heavy atom. The van der Waals surface area contributed by atoms with Crippen molar-refractivity contribution in [1.29, 1.82) is 0 Å². The molecule has 11 heteroatoms. The lowest BCUT2D eigenvalue weighted by molar-refractivity contribution is -0.148. The number of sulfone groups is 1. The van der Waals surface area contributed by atoms with E-state index in [-0.39, 0.29) is 47.5 Å². The van der Waals surface area contributed by atoms with Crippen LogP contribution in [-0.2, 0) is 29.0 Å². The number of benzene rings is 1. The van der Waals surface area contributed by atoms with Crippen molar-refractivity contribution >= 4 is 27.3 Å².